The molecule has 0 radical (unpaired) electrons. The van der Waals surface area contributed by atoms with Gasteiger partial charge in [0, 0.05) is 16.3 Å². The maximum atomic E-state index is 11.9. The molecule has 2 aromatic carbocycles. The van der Waals surface area contributed by atoms with Gasteiger partial charge in [-0.15, -0.1) is 0 Å². The van der Waals surface area contributed by atoms with Gasteiger partial charge in [-0.2, -0.15) is 0 Å². The first-order chi connectivity index (χ1) is 9.00. The number of fused-ring (bicyclic) bond motifs is 1. The third kappa shape index (κ3) is 1.83. The van der Waals surface area contributed by atoms with Crippen molar-refractivity contribution in [2.24, 2.45) is 0 Å². The minimum atomic E-state index is -0.493. The van der Waals surface area contributed by atoms with Crippen LogP contribution in [0.15, 0.2) is 42.5 Å². The van der Waals surface area contributed by atoms with Crippen LogP contribution in [-0.4, -0.2) is 5.91 Å². The lowest BCUT2D eigenvalue weighted by atomic mass is 9.85. The molecule has 3 rings (SSSR count). The van der Waals surface area contributed by atoms with E-state index in [0.29, 0.717) is 0 Å². The van der Waals surface area contributed by atoms with Crippen molar-refractivity contribution in [3.05, 3.63) is 53.1 Å². The second-order valence-corrected chi connectivity index (χ2v) is 5.73. The summed E-state index contributed by atoms with van der Waals surface area (Å²) in [6.45, 7) is 3.87. The van der Waals surface area contributed by atoms with Crippen LogP contribution in [0.4, 0.5) is 5.69 Å². The molecule has 0 aliphatic carbocycles. The van der Waals surface area contributed by atoms with Gasteiger partial charge in [0.25, 0.3) is 0 Å². The first kappa shape index (κ1) is 12.2. The topological polar surface area (TPSA) is 29.1 Å². The number of carbonyl (C=O) groups is 1. The first-order valence-electron chi connectivity index (χ1n) is 6.21. The van der Waals surface area contributed by atoms with Crippen molar-refractivity contribution < 1.29 is 4.79 Å². The number of carbonyl (C=O) groups excluding carboxylic acids is 1. The third-order valence-corrected chi connectivity index (χ3v) is 4.02. The van der Waals surface area contributed by atoms with Crippen molar-refractivity contribution in [2.45, 2.75) is 19.3 Å². The zero-order chi connectivity index (χ0) is 13.6. The van der Waals surface area contributed by atoms with Crippen LogP contribution in [0.3, 0.4) is 0 Å². The summed E-state index contributed by atoms with van der Waals surface area (Å²) in [6.07, 6.45) is 0. The Balaban J connectivity index is 2.16. The average Bonchev–Trinajstić information content (AvgIpc) is 2.61. The lowest BCUT2D eigenvalue weighted by Crippen LogP contribution is -2.26. The molecule has 2 aromatic rings. The highest BCUT2D eigenvalue weighted by atomic mass is 35.5. The van der Waals surface area contributed by atoms with Crippen LogP contribution in [0.1, 0.15) is 19.4 Å². The lowest BCUT2D eigenvalue weighted by Gasteiger charge is -2.16. The van der Waals surface area contributed by atoms with Crippen LogP contribution >= 0.6 is 11.6 Å². The van der Waals surface area contributed by atoms with Crippen molar-refractivity contribution in [3.63, 3.8) is 0 Å². The van der Waals surface area contributed by atoms with E-state index >= 15 is 0 Å². The maximum absolute atomic E-state index is 11.9. The van der Waals surface area contributed by atoms with Crippen LogP contribution < -0.4 is 5.32 Å². The normalized spacial score (nSPS) is 16.1. The molecular formula is C16H14ClNO. The summed E-state index contributed by atoms with van der Waals surface area (Å²) in [7, 11) is 0. The van der Waals surface area contributed by atoms with E-state index in [1.54, 1.807) is 0 Å². The molecule has 96 valence electrons. The number of anilines is 1. The van der Waals surface area contributed by atoms with E-state index in [2.05, 4.69) is 11.4 Å². The molecule has 1 aliphatic heterocycles. The fraction of sp³-hybridized carbons (Fsp3) is 0.188. The number of benzene rings is 2. The van der Waals surface area contributed by atoms with E-state index in [4.69, 9.17) is 11.6 Å². The van der Waals surface area contributed by atoms with Crippen LogP contribution in [0, 0.1) is 0 Å². The Morgan fingerprint density at radius 1 is 1.11 bits per heavy atom. The average molecular weight is 272 g/mol. The number of halogens is 1. The van der Waals surface area contributed by atoms with Gasteiger partial charge in [0.2, 0.25) is 5.91 Å². The quantitative estimate of drug-likeness (QED) is 0.826. The fourth-order valence-electron chi connectivity index (χ4n) is 2.43. The molecule has 1 aliphatic rings. The second kappa shape index (κ2) is 4.10. The molecule has 0 spiro atoms. The maximum Gasteiger partial charge on any atom is 0.234 e. The van der Waals surface area contributed by atoms with E-state index in [9.17, 15) is 4.79 Å². The van der Waals surface area contributed by atoms with Gasteiger partial charge in [-0.25, -0.2) is 0 Å². The summed E-state index contributed by atoms with van der Waals surface area (Å²) >= 11 is 6.23. The fourth-order valence-corrected chi connectivity index (χ4v) is 2.68. The minimum absolute atomic E-state index is 0.0406. The summed E-state index contributed by atoms with van der Waals surface area (Å²) in [5.74, 6) is 0.0406. The third-order valence-electron chi connectivity index (χ3n) is 3.69. The summed E-state index contributed by atoms with van der Waals surface area (Å²) < 4.78 is 0. The number of hydrogen-bond acceptors (Lipinski definition) is 1. The molecule has 0 fully saturated rings. The van der Waals surface area contributed by atoms with Crippen molar-refractivity contribution in [2.75, 3.05) is 5.32 Å². The van der Waals surface area contributed by atoms with Crippen molar-refractivity contribution >= 4 is 23.2 Å². The molecule has 1 N–H and O–H groups in total. The highest BCUT2D eigenvalue weighted by molar-refractivity contribution is 6.33. The molecule has 3 heteroatoms. The number of amides is 1. The number of nitrogens with one attached hydrogen (secondary N) is 1. The van der Waals surface area contributed by atoms with Gasteiger partial charge in [-0.3, -0.25) is 4.79 Å². The van der Waals surface area contributed by atoms with Crippen molar-refractivity contribution in [1.82, 2.24) is 0 Å². The summed E-state index contributed by atoms with van der Waals surface area (Å²) in [6, 6.07) is 13.7. The summed E-state index contributed by atoms with van der Waals surface area (Å²) in [5, 5.41) is 3.63. The van der Waals surface area contributed by atoms with E-state index in [-0.39, 0.29) is 5.91 Å². The van der Waals surface area contributed by atoms with Gasteiger partial charge in [-0.05, 0) is 43.2 Å². The largest absolute Gasteiger partial charge is 0.325 e. The molecule has 0 aromatic heterocycles. The molecule has 0 bridgehead atoms. The van der Waals surface area contributed by atoms with Crippen LogP contribution in [-0.2, 0) is 10.2 Å². The van der Waals surface area contributed by atoms with E-state index in [1.807, 2.05) is 50.2 Å². The lowest BCUT2D eigenvalue weighted by molar-refractivity contribution is -0.119. The molecule has 2 nitrogen and oxygen atoms in total. The molecule has 0 saturated heterocycles. The Morgan fingerprint density at radius 2 is 1.84 bits per heavy atom. The van der Waals surface area contributed by atoms with E-state index in [1.165, 1.54) is 0 Å². The van der Waals surface area contributed by atoms with Gasteiger partial charge in [0.15, 0.2) is 0 Å². The monoisotopic (exact) mass is 271 g/mol. The van der Waals surface area contributed by atoms with Crippen molar-refractivity contribution in [1.29, 1.82) is 0 Å². The second-order valence-electron chi connectivity index (χ2n) is 5.32. The number of hydrogen-bond donors (Lipinski definition) is 1. The van der Waals surface area contributed by atoms with Crippen LogP contribution in [0.2, 0.25) is 5.02 Å². The van der Waals surface area contributed by atoms with Gasteiger partial charge in [0.05, 0.1) is 5.41 Å². The molecule has 1 heterocycles. The molecule has 1 amide bonds. The summed E-state index contributed by atoms with van der Waals surface area (Å²) in [5.41, 5.74) is 3.45. The molecule has 19 heavy (non-hydrogen) atoms. The summed E-state index contributed by atoms with van der Waals surface area (Å²) in [4.78, 5) is 11.9. The van der Waals surface area contributed by atoms with E-state index < -0.39 is 5.41 Å². The first-order valence-corrected chi connectivity index (χ1v) is 6.59. The number of rotatable bonds is 1. The Hall–Kier alpha value is -1.80. The Morgan fingerprint density at radius 3 is 2.58 bits per heavy atom. The highest BCUT2D eigenvalue weighted by Gasteiger charge is 2.38. The van der Waals surface area contributed by atoms with Crippen LogP contribution in [0.25, 0.3) is 11.1 Å². The zero-order valence-corrected chi connectivity index (χ0v) is 11.6. The van der Waals surface area contributed by atoms with Gasteiger partial charge in [-0.1, -0.05) is 35.9 Å². The molecule has 0 saturated carbocycles. The van der Waals surface area contributed by atoms with E-state index in [0.717, 1.165) is 27.4 Å². The molecule has 0 unspecified atom stereocenters. The molecule has 0 atom stereocenters. The Kier molecular flexibility index (Phi) is 2.64. The van der Waals surface area contributed by atoms with Crippen LogP contribution in [0.5, 0.6) is 0 Å². The molecular weight excluding hydrogens is 258 g/mol. The predicted octanol–water partition coefficient (Wildman–Crippen LogP) is 4.24. The standard InChI is InChI=1S/C16H14ClNO/c1-16(2)12-9-10(7-8-14(12)18-15(16)19)11-5-3-4-6-13(11)17/h3-9H,1-2H3,(H,18,19). The van der Waals surface area contributed by atoms with Gasteiger partial charge >= 0.3 is 0 Å². The smallest absolute Gasteiger partial charge is 0.234 e. The Labute approximate surface area is 117 Å². The van der Waals surface area contributed by atoms with Gasteiger partial charge < -0.3 is 5.32 Å². The van der Waals surface area contributed by atoms with Crippen molar-refractivity contribution in [3.8, 4) is 11.1 Å². The van der Waals surface area contributed by atoms with Gasteiger partial charge in [0.1, 0.15) is 0 Å². The zero-order valence-electron chi connectivity index (χ0n) is 10.8. The SMILES string of the molecule is CC1(C)C(=O)Nc2ccc(-c3ccccc3Cl)cc21. The minimum Gasteiger partial charge on any atom is -0.325 e. The Bertz CT molecular complexity index is 676. The predicted molar refractivity (Wildman–Crippen MR) is 78.5 cm³/mol. The highest BCUT2D eigenvalue weighted by Crippen LogP contribution is 2.40.